The minimum absolute atomic E-state index is 0.0164. The predicted octanol–water partition coefficient (Wildman–Crippen LogP) is 6.38. The van der Waals surface area contributed by atoms with Crippen LogP contribution in [0, 0.1) is 5.92 Å². The van der Waals surface area contributed by atoms with Gasteiger partial charge in [-0.05, 0) is 23.1 Å². The van der Waals surface area contributed by atoms with Crippen molar-refractivity contribution in [3.05, 3.63) is 108 Å². The van der Waals surface area contributed by atoms with Crippen LogP contribution < -0.4 is 5.32 Å². The van der Waals surface area contributed by atoms with Crippen molar-refractivity contribution in [2.24, 2.45) is 5.92 Å². The number of rotatable bonds is 14. The van der Waals surface area contributed by atoms with Gasteiger partial charge in [-0.25, -0.2) is 18.4 Å². The van der Waals surface area contributed by atoms with Gasteiger partial charge >= 0.3 is 12.1 Å². The minimum Gasteiger partial charge on any atom is -0.480 e. The van der Waals surface area contributed by atoms with Crippen LogP contribution in [0.15, 0.2) is 91.0 Å². The van der Waals surface area contributed by atoms with E-state index in [2.05, 4.69) is 5.32 Å². The van der Waals surface area contributed by atoms with Crippen LogP contribution in [0.1, 0.15) is 43.4 Å². The monoisotopic (exact) mass is 611 g/mol. The average Bonchev–Trinajstić information content (AvgIpc) is 3.03. The number of halogens is 2. The molecule has 0 spiro atoms. The van der Waals surface area contributed by atoms with Gasteiger partial charge in [-0.1, -0.05) is 105 Å². The van der Waals surface area contributed by atoms with Crippen LogP contribution in [0.4, 0.5) is 13.6 Å². The van der Waals surface area contributed by atoms with Crippen molar-refractivity contribution in [2.75, 3.05) is 0 Å². The third-order valence-corrected chi connectivity index (χ3v) is 7.72. The molecule has 1 amide bonds. The van der Waals surface area contributed by atoms with Crippen molar-refractivity contribution < 1.29 is 42.4 Å². The van der Waals surface area contributed by atoms with Crippen LogP contribution in [0.3, 0.4) is 0 Å². The third kappa shape index (κ3) is 9.07. The highest BCUT2D eigenvalue weighted by atomic mass is 19.3. The minimum atomic E-state index is -3.74. The molecular weight excluding hydrogens is 572 g/mol. The number of nitrogens with one attached hydrogen (secondary N) is 1. The Morgan fingerprint density at radius 3 is 1.80 bits per heavy atom. The smallest absolute Gasteiger partial charge is 0.408 e. The molecule has 2 N–H and O–H groups in total. The topological polar surface area (TPSA) is 103 Å². The van der Waals surface area contributed by atoms with E-state index in [0.717, 1.165) is 11.1 Å². The maximum absolute atomic E-state index is 16.3. The zero-order valence-corrected chi connectivity index (χ0v) is 24.8. The molecule has 6 atom stereocenters. The number of benzene rings is 3. The summed E-state index contributed by atoms with van der Waals surface area (Å²) in [5.74, 6) is -5.67. The van der Waals surface area contributed by atoms with Gasteiger partial charge in [0.2, 0.25) is 0 Å². The van der Waals surface area contributed by atoms with Gasteiger partial charge in [0.05, 0.1) is 25.4 Å². The van der Waals surface area contributed by atoms with Gasteiger partial charge < -0.3 is 29.4 Å². The van der Waals surface area contributed by atoms with Crippen molar-refractivity contribution in [2.45, 2.75) is 82.9 Å². The van der Waals surface area contributed by atoms with Crippen molar-refractivity contribution >= 4 is 12.1 Å². The molecule has 3 aromatic carbocycles. The van der Waals surface area contributed by atoms with Gasteiger partial charge in [0, 0.05) is 12.3 Å². The molecule has 0 aromatic heterocycles. The molecule has 1 aliphatic heterocycles. The van der Waals surface area contributed by atoms with Gasteiger partial charge in [0.25, 0.3) is 5.92 Å². The number of hydrogen-bond donors (Lipinski definition) is 2. The number of hydrogen-bond acceptors (Lipinski definition) is 6. The second-order valence-electron chi connectivity index (χ2n) is 10.9. The largest absolute Gasteiger partial charge is 0.480 e. The normalized spacial score (nSPS) is 22.6. The molecule has 0 saturated carbocycles. The van der Waals surface area contributed by atoms with E-state index in [9.17, 15) is 14.7 Å². The lowest BCUT2D eigenvalue weighted by Crippen LogP contribution is -2.62. The Balaban J connectivity index is 1.54. The first-order chi connectivity index (χ1) is 21.2. The Hall–Kier alpha value is -3.86. The molecule has 1 saturated heterocycles. The standard InChI is InChI=1S/C34H39F2NO7/c1-3-28-23(2)29(41-20-24-13-7-4-8-14-24)30(42-21-25-15-9-5-10-16-25)31(44-28)34(35,36)19-27(32(38)39)37-33(40)43-22-26-17-11-6-12-18-26/h4-18,23,27-31H,3,19-22H2,1-2H3,(H,37,40)(H,38,39)/t23-,27?,28+,29-,30+,31+/m0/s1. The van der Waals surface area contributed by atoms with Gasteiger partial charge in [-0.15, -0.1) is 0 Å². The lowest BCUT2D eigenvalue weighted by molar-refractivity contribution is -0.285. The Labute approximate surface area is 256 Å². The number of carboxylic acids is 1. The first-order valence-electron chi connectivity index (χ1n) is 14.7. The molecule has 10 heteroatoms. The molecule has 44 heavy (non-hydrogen) atoms. The number of amides is 1. The summed E-state index contributed by atoms with van der Waals surface area (Å²) in [6.07, 6.45) is -6.42. The number of carbonyl (C=O) groups is 2. The lowest BCUT2D eigenvalue weighted by Gasteiger charge is -2.47. The zero-order valence-electron chi connectivity index (χ0n) is 24.8. The summed E-state index contributed by atoms with van der Waals surface area (Å²) in [5.41, 5.74) is 2.30. The number of alkyl halides is 2. The molecule has 3 aromatic rings. The number of ether oxygens (including phenoxy) is 4. The Bertz CT molecular complexity index is 1310. The summed E-state index contributed by atoms with van der Waals surface area (Å²) in [6, 6.07) is 25.3. The lowest BCUT2D eigenvalue weighted by atomic mass is 9.83. The molecule has 0 radical (unpaired) electrons. The summed E-state index contributed by atoms with van der Waals surface area (Å²) < 4.78 is 56.0. The first-order valence-corrected chi connectivity index (χ1v) is 14.7. The van der Waals surface area contributed by atoms with Gasteiger partial charge in [-0.3, -0.25) is 0 Å². The maximum Gasteiger partial charge on any atom is 0.408 e. The molecule has 0 aliphatic carbocycles. The summed E-state index contributed by atoms with van der Waals surface area (Å²) in [7, 11) is 0. The molecule has 8 nitrogen and oxygen atoms in total. The van der Waals surface area contributed by atoms with Gasteiger partial charge in [0.1, 0.15) is 24.9 Å². The molecule has 1 aliphatic rings. The van der Waals surface area contributed by atoms with Crippen LogP contribution in [0.25, 0.3) is 0 Å². The summed E-state index contributed by atoms with van der Waals surface area (Å²) in [6.45, 7) is 3.75. The third-order valence-electron chi connectivity index (χ3n) is 7.72. The van der Waals surface area contributed by atoms with Crippen molar-refractivity contribution in [1.82, 2.24) is 5.32 Å². The average molecular weight is 612 g/mol. The number of carboxylic acid groups (broad SMARTS) is 1. The van der Waals surface area contributed by atoms with E-state index < -0.39 is 54.9 Å². The predicted molar refractivity (Wildman–Crippen MR) is 159 cm³/mol. The highest BCUT2D eigenvalue weighted by Crippen LogP contribution is 2.41. The van der Waals surface area contributed by atoms with Crippen molar-refractivity contribution in [3.63, 3.8) is 0 Å². The first kappa shape index (κ1) is 33.0. The van der Waals surface area contributed by atoms with Crippen molar-refractivity contribution in [1.29, 1.82) is 0 Å². The summed E-state index contributed by atoms with van der Waals surface area (Å²) in [4.78, 5) is 24.5. The van der Waals surface area contributed by atoms with Crippen LogP contribution in [-0.4, -0.2) is 53.5 Å². The number of aliphatic carboxylic acids is 1. The van der Waals surface area contributed by atoms with E-state index in [0.29, 0.717) is 12.0 Å². The Kier molecular flexibility index (Phi) is 11.8. The molecule has 236 valence electrons. The molecular formula is C34H39F2NO7. The zero-order chi connectivity index (χ0) is 31.5. The number of alkyl carbamates (subject to hydrolysis) is 1. The van der Waals surface area contributed by atoms with E-state index in [1.54, 1.807) is 30.3 Å². The van der Waals surface area contributed by atoms with Crippen LogP contribution >= 0.6 is 0 Å². The maximum atomic E-state index is 16.3. The quantitative estimate of drug-likeness (QED) is 0.218. The van der Waals surface area contributed by atoms with Crippen molar-refractivity contribution in [3.8, 4) is 0 Å². The Morgan fingerprint density at radius 1 is 0.841 bits per heavy atom. The number of carbonyl (C=O) groups excluding carboxylic acids is 1. The second kappa shape index (κ2) is 15.7. The summed E-state index contributed by atoms with van der Waals surface area (Å²) >= 11 is 0. The van der Waals surface area contributed by atoms with E-state index >= 15 is 8.78 Å². The molecule has 0 bridgehead atoms. The van der Waals surface area contributed by atoms with E-state index in [4.69, 9.17) is 18.9 Å². The van der Waals surface area contributed by atoms with Crippen LogP contribution in [-0.2, 0) is 43.6 Å². The Morgan fingerprint density at radius 2 is 1.32 bits per heavy atom. The van der Waals surface area contributed by atoms with E-state index in [-0.39, 0.29) is 25.7 Å². The highest BCUT2D eigenvalue weighted by molar-refractivity contribution is 5.80. The fourth-order valence-electron chi connectivity index (χ4n) is 5.34. The van der Waals surface area contributed by atoms with Crippen LogP contribution in [0.2, 0.25) is 0 Å². The molecule has 1 heterocycles. The fraction of sp³-hybridized carbons (Fsp3) is 0.412. The SMILES string of the molecule is CC[C@H]1O[C@@H](C(F)(F)CC(NC(=O)OCc2ccccc2)C(=O)O)[C@H](OCc2ccccc2)[C@@H](OCc2ccccc2)[C@H]1C. The van der Waals surface area contributed by atoms with Gasteiger partial charge in [-0.2, -0.15) is 0 Å². The van der Waals surface area contributed by atoms with Gasteiger partial charge in [0.15, 0.2) is 0 Å². The van der Waals surface area contributed by atoms with E-state index in [1.165, 1.54) is 0 Å². The second-order valence-corrected chi connectivity index (χ2v) is 10.9. The highest BCUT2D eigenvalue weighted by Gasteiger charge is 2.56. The van der Waals surface area contributed by atoms with E-state index in [1.807, 2.05) is 74.5 Å². The molecule has 1 fully saturated rings. The fourth-order valence-corrected chi connectivity index (χ4v) is 5.34. The summed E-state index contributed by atoms with van der Waals surface area (Å²) in [5, 5.41) is 11.9. The molecule has 4 rings (SSSR count). The molecule has 1 unspecified atom stereocenters. The van der Waals surface area contributed by atoms with Crippen LogP contribution in [0.5, 0.6) is 0 Å².